The third kappa shape index (κ3) is 11.6. The van der Waals surface area contributed by atoms with Gasteiger partial charge in [0.15, 0.2) is 0 Å². The predicted molar refractivity (Wildman–Crippen MR) is 103 cm³/mol. The number of carbonyl (C=O) groups is 4. The summed E-state index contributed by atoms with van der Waals surface area (Å²) < 4.78 is 15.0. The molecule has 0 unspecified atom stereocenters. The predicted octanol–water partition coefficient (Wildman–Crippen LogP) is 3.37. The van der Waals surface area contributed by atoms with E-state index >= 15 is 0 Å². The fourth-order valence-corrected chi connectivity index (χ4v) is 1.80. The Bertz CT molecular complexity index is 577. The summed E-state index contributed by atoms with van der Waals surface area (Å²) in [6.45, 7) is 14.9. The molecular weight excluding hydrogens is 366 g/mol. The molecule has 0 aromatic carbocycles. The molecule has 0 bridgehead atoms. The van der Waals surface area contributed by atoms with E-state index in [0.717, 1.165) is 0 Å². The SMILES string of the molecule is CC(C)(C)OC(=O)N[C@H](CC(=O)OCOC(=O)C(C)(C)C)CC(=O)C(C)(C)C. The van der Waals surface area contributed by atoms with Gasteiger partial charge in [-0.3, -0.25) is 14.4 Å². The molecule has 0 aromatic rings. The first-order chi connectivity index (χ1) is 12.4. The topological polar surface area (TPSA) is 108 Å². The Labute approximate surface area is 167 Å². The van der Waals surface area contributed by atoms with E-state index < -0.39 is 47.3 Å². The summed E-state index contributed by atoms with van der Waals surface area (Å²) in [6, 6.07) is -0.799. The van der Waals surface area contributed by atoms with E-state index in [4.69, 9.17) is 14.2 Å². The maximum atomic E-state index is 12.3. The van der Waals surface area contributed by atoms with Crippen molar-refractivity contribution in [1.29, 1.82) is 0 Å². The number of esters is 2. The number of alkyl carbamates (subject to hydrolysis) is 1. The maximum absolute atomic E-state index is 12.3. The highest BCUT2D eigenvalue weighted by atomic mass is 16.7. The van der Waals surface area contributed by atoms with Gasteiger partial charge in [0.2, 0.25) is 6.79 Å². The summed E-state index contributed by atoms with van der Waals surface area (Å²) in [5.41, 5.74) is -2.06. The van der Waals surface area contributed by atoms with Gasteiger partial charge in [0.1, 0.15) is 11.4 Å². The number of Topliss-reactive ketones (excluding diaryl/α,β-unsaturated/α-hetero) is 1. The van der Waals surface area contributed by atoms with Crippen molar-refractivity contribution < 1.29 is 33.4 Å². The Morgan fingerprint density at radius 1 is 0.786 bits per heavy atom. The molecule has 0 saturated heterocycles. The summed E-state index contributed by atoms with van der Waals surface area (Å²) in [5.74, 6) is -1.34. The van der Waals surface area contributed by atoms with Crippen LogP contribution in [0.25, 0.3) is 0 Å². The molecule has 0 saturated carbocycles. The monoisotopic (exact) mass is 401 g/mol. The number of ether oxygens (including phenoxy) is 3. The third-order valence-electron chi connectivity index (χ3n) is 3.42. The summed E-state index contributed by atoms with van der Waals surface area (Å²) in [5, 5.41) is 2.54. The highest BCUT2D eigenvalue weighted by Gasteiger charge is 2.29. The minimum Gasteiger partial charge on any atom is -0.444 e. The fraction of sp³-hybridized carbons (Fsp3) is 0.800. The van der Waals surface area contributed by atoms with Gasteiger partial charge in [0, 0.05) is 17.9 Å². The molecule has 0 fully saturated rings. The molecule has 0 rings (SSSR count). The number of hydrogen-bond donors (Lipinski definition) is 1. The van der Waals surface area contributed by atoms with Crippen LogP contribution in [0, 0.1) is 10.8 Å². The molecule has 0 aliphatic rings. The zero-order chi connectivity index (χ0) is 22.3. The molecule has 1 atom stereocenters. The first kappa shape index (κ1) is 25.9. The molecule has 28 heavy (non-hydrogen) atoms. The van der Waals surface area contributed by atoms with Gasteiger partial charge >= 0.3 is 18.0 Å². The van der Waals surface area contributed by atoms with Crippen molar-refractivity contribution in [3.63, 3.8) is 0 Å². The largest absolute Gasteiger partial charge is 0.444 e. The van der Waals surface area contributed by atoms with Gasteiger partial charge in [-0.1, -0.05) is 20.8 Å². The van der Waals surface area contributed by atoms with Crippen LogP contribution in [0.15, 0.2) is 0 Å². The molecule has 0 aliphatic carbocycles. The lowest BCUT2D eigenvalue weighted by Gasteiger charge is -2.25. The van der Waals surface area contributed by atoms with Crippen molar-refractivity contribution in [2.45, 2.75) is 86.8 Å². The second-order valence-corrected chi connectivity index (χ2v) is 9.74. The first-order valence-electron chi connectivity index (χ1n) is 9.27. The van der Waals surface area contributed by atoms with Crippen LogP contribution in [0.1, 0.15) is 75.2 Å². The normalized spacial score (nSPS) is 13.3. The zero-order valence-corrected chi connectivity index (χ0v) is 18.6. The van der Waals surface area contributed by atoms with Crippen molar-refractivity contribution in [3.8, 4) is 0 Å². The van der Waals surface area contributed by atoms with Gasteiger partial charge in [-0.15, -0.1) is 0 Å². The van der Waals surface area contributed by atoms with Crippen LogP contribution in [0.4, 0.5) is 4.79 Å². The van der Waals surface area contributed by atoms with E-state index in [9.17, 15) is 19.2 Å². The Morgan fingerprint density at radius 3 is 1.75 bits per heavy atom. The molecule has 162 valence electrons. The van der Waals surface area contributed by atoms with Crippen LogP contribution in [-0.4, -0.2) is 42.3 Å². The number of rotatable bonds is 7. The van der Waals surface area contributed by atoms with Gasteiger partial charge in [-0.05, 0) is 41.5 Å². The molecule has 1 N–H and O–H groups in total. The molecule has 0 heterocycles. The summed E-state index contributed by atoms with van der Waals surface area (Å²) >= 11 is 0. The van der Waals surface area contributed by atoms with E-state index in [-0.39, 0.29) is 18.6 Å². The van der Waals surface area contributed by atoms with Crippen molar-refractivity contribution in [2.24, 2.45) is 10.8 Å². The number of hydrogen-bond acceptors (Lipinski definition) is 7. The van der Waals surface area contributed by atoms with Gasteiger partial charge in [-0.2, -0.15) is 0 Å². The lowest BCUT2D eigenvalue weighted by atomic mass is 9.86. The van der Waals surface area contributed by atoms with Crippen LogP contribution >= 0.6 is 0 Å². The minimum atomic E-state index is -0.799. The fourth-order valence-electron chi connectivity index (χ4n) is 1.80. The Hall–Kier alpha value is -2.12. The van der Waals surface area contributed by atoms with Crippen LogP contribution in [0.3, 0.4) is 0 Å². The number of amides is 1. The third-order valence-corrected chi connectivity index (χ3v) is 3.42. The Morgan fingerprint density at radius 2 is 1.32 bits per heavy atom. The van der Waals surface area contributed by atoms with Crippen LogP contribution in [0.5, 0.6) is 0 Å². The molecule has 8 nitrogen and oxygen atoms in total. The Balaban J connectivity index is 4.86. The lowest BCUT2D eigenvalue weighted by Crippen LogP contribution is -2.42. The maximum Gasteiger partial charge on any atom is 0.407 e. The highest BCUT2D eigenvalue weighted by Crippen LogP contribution is 2.19. The summed E-state index contributed by atoms with van der Waals surface area (Å²) in [4.78, 5) is 48.1. The van der Waals surface area contributed by atoms with Crippen molar-refractivity contribution in [3.05, 3.63) is 0 Å². The average Bonchev–Trinajstić information content (AvgIpc) is 2.42. The van der Waals surface area contributed by atoms with Gasteiger partial charge in [0.25, 0.3) is 0 Å². The molecular formula is C20H35NO7. The average molecular weight is 402 g/mol. The van der Waals surface area contributed by atoms with Crippen LogP contribution in [0.2, 0.25) is 0 Å². The van der Waals surface area contributed by atoms with Crippen LogP contribution < -0.4 is 5.32 Å². The number of nitrogens with one attached hydrogen (secondary N) is 1. The second-order valence-electron chi connectivity index (χ2n) is 9.74. The van der Waals surface area contributed by atoms with Gasteiger partial charge in [0.05, 0.1) is 11.8 Å². The standard InChI is InChI=1S/C20H35NO7/c1-18(2,3)14(22)10-13(21-17(25)28-20(7,8)9)11-15(23)26-12-27-16(24)19(4,5)6/h13H,10-12H2,1-9H3,(H,21,25)/t13-/m0/s1. The lowest BCUT2D eigenvalue weighted by molar-refractivity contribution is -0.173. The van der Waals surface area contributed by atoms with E-state index in [1.54, 1.807) is 62.3 Å². The quantitative estimate of drug-likeness (QED) is 0.515. The second kappa shape index (κ2) is 9.89. The zero-order valence-electron chi connectivity index (χ0n) is 18.6. The molecule has 8 heteroatoms. The number of carbonyl (C=O) groups excluding carboxylic acids is 4. The van der Waals surface area contributed by atoms with E-state index in [1.165, 1.54) is 0 Å². The molecule has 0 radical (unpaired) electrons. The first-order valence-corrected chi connectivity index (χ1v) is 9.27. The van der Waals surface area contributed by atoms with E-state index in [1.807, 2.05) is 0 Å². The van der Waals surface area contributed by atoms with Crippen molar-refractivity contribution >= 4 is 23.8 Å². The smallest absolute Gasteiger partial charge is 0.407 e. The van der Waals surface area contributed by atoms with E-state index in [0.29, 0.717) is 0 Å². The molecule has 0 spiro atoms. The van der Waals surface area contributed by atoms with E-state index in [2.05, 4.69) is 5.32 Å². The summed E-state index contributed by atoms with van der Waals surface area (Å²) in [7, 11) is 0. The molecule has 0 aliphatic heterocycles. The highest BCUT2D eigenvalue weighted by molar-refractivity contribution is 5.85. The molecule has 0 aromatic heterocycles. The van der Waals surface area contributed by atoms with Gasteiger partial charge < -0.3 is 19.5 Å². The van der Waals surface area contributed by atoms with Crippen LogP contribution in [-0.2, 0) is 28.6 Å². The Kier molecular flexibility index (Phi) is 9.14. The van der Waals surface area contributed by atoms with Gasteiger partial charge in [-0.25, -0.2) is 4.79 Å². The van der Waals surface area contributed by atoms with Crippen molar-refractivity contribution in [1.82, 2.24) is 5.32 Å². The van der Waals surface area contributed by atoms with Crippen molar-refractivity contribution in [2.75, 3.05) is 6.79 Å². The minimum absolute atomic E-state index is 0.0559. The number of ketones is 1. The molecule has 1 amide bonds. The summed E-state index contributed by atoms with van der Waals surface area (Å²) in [6.07, 6.45) is -1.04.